The fourth-order valence-electron chi connectivity index (χ4n) is 1.85. The molecule has 2 aromatic carbocycles. The molecule has 3 rings (SSSR count). The summed E-state index contributed by atoms with van der Waals surface area (Å²) in [5.41, 5.74) is 3.09. The van der Waals surface area contributed by atoms with Gasteiger partial charge < -0.3 is 4.98 Å². The lowest BCUT2D eigenvalue weighted by Gasteiger charge is -2.02. The average molecular weight is 239 g/mol. The number of para-hydroxylation sites is 2. The van der Waals surface area contributed by atoms with Crippen molar-refractivity contribution in [3.05, 3.63) is 48.5 Å². The summed E-state index contributed by atoms with van der Waals surface area (Å²) in [6.07, 6.45) is 2.06. The van der Waals surface area contributed by atoms with Crippen molar-refractivity contribution in [1.29, 1.82) is 0 Å². The van der Waals surface area contributed by atoms with Crippen LogP contribution in [0.15, 0.2) is 47.4 Å². The first-order valence-corrected chi connectivity index (χ1v) is 6.61. The van der Waals surface area contributed by atoms with E-state index in [0.29, 0.717) is 0 Å². The van der Waals surface area contributed by atoms with E-state index in [2.05, 4.69) is 28.4 Å². The number of thioether (sulfide) groups is 1. The Labute approximate surface area is 104 Å². The minimum absolute atomic E-state index is 0.885. The van der Waals surface area contributed by atoms with E-state index in [4.69, 9.17) is 0 Å². The fourth-order valence-corrected chi connectivity index (χ4v) is 2.42. The number of aromatic amines is 1. The molecule has 0 aliphatic carbocycles. The van der Waals surface area contributed by atoms with Gasteiger partial charge in [-0.2, -0.15) is 0 Å². The highest BCUT2D eigenvalue weighted by atomic mass is 32.2. The summed E-state index contributed by atoms with van der Waals surface area (Å²) in [4.78, 5) is 9.11. The van der Waals surface area contributed by atoms with Crippen LogP contribution in [0, 0.1) is 6.07 Å². The van der Waals surface area contributed by atoms with Crippen LogP contribution in [-0.2, 0) is 0 Å². The predicted molar refractivity (Wildman–Crippen MR) is 72.1 cm³/mol. The molecular formula is C14H11N2S. The highest BCUT2D eigenvalue weighted by Gasteiger charge is 2.08. The van der Waals surface area contributed by atoms with Crippen LogP contribution in [0.3, 0.4) is 0 Å². The van der Waals surface area contributed by atoms with Crippen LogP contribution in [0.5, 0.6) is 0 Å². The van der Waals surface area contributed by atoms with Crippen molar-refractivity contribution in [3.8, 4) is 11.4 Å². The Bertz CT molecular complexity index is 625. The number of imidazole rings is 1. The molecule has 83 valence electrons. The van der Waals surface area contributed by atoms with Crippen molar-refractivity contribution in [3.63, 3.8) is 0 Å². The zero-order valence-electron chi connectivity index (χ0n) is 9.40. The summed E-state index contributed by atoms with van der Waals surface area (Å²) in [7, 11) is 0. The standard InChI is InChI=1S/C14H11N2S/c1-17-13-9-5-2-6-10(13)14-15-11-7-3-4-8-12(11)16-14/h2-5,7-9H,1H3,(H,15,16). The maximum atomic E-state index is 4.59. The van der Waals surface area contributed by atoms with Crippen molar-refractivity contribution in [2.24, 2.45) is 0 Å². The van der Waals surface area contributed by atoms with Crippen molar-refractivity contribution in [2.75, 3.05) is 6.26 Å². The molecule has 1 heterocycles. The number of nitrogens with one attached hydrogen (secondary N) is 1. The largest absolute Gasteiger partial charge is 0.338 e. The molecule has 0 saturated carbocycles. The van der Waals surface area contributed by atoms with E-state index in [1.54, 1.807) is 11.8 Å². The van der Waals surface area contributed by atoms with Gasteiger partial charge >= 0.3 is 0 Å². The minimum atomic E-state index is 0.885. The SMILES string of the molecule is CSc1ccc[c]c1-c1nc2ccccc2[nH]1. The van der Waals surface area contributed by atoms with Crippen LogP contribution < -0.4 is 0 Å². The van der Waals surface area contributed by atoms with Gasteiger partial charge in [0.15, 0.2) is 0 Å². The van der Waals surface area contributed by atoms with Crippen LogP contribution in [0.2, 0.25) is 0 Å². The van der Waals surface area contributed by atoms with Crippen LogP contribution in [-0.4, -0.2) is 16.2 Å². The Morgan fingerprint density at radius 3 is 2.88 bits per heavy atom. The first-order chi connectivity index (χ1) is 8.38. The molecule has 0 spiro atoms. The number of fused-ring (bicyclic) bond motifs is 1. The molecule has 17 heavy (non-hydrogen) atoms. The van der Waals surface area contributed by atoms with Gasteiger partial charge in [-0.15, -0.1) is 11.8 Å². The number of benzene rings is 2. The molecule has 3 aromatic rings. The molecule has 3 heteroatoms. The molecule has 1 N–H and O–H groups in total. The highest BCUT2D eigenvalue weighted by Crippen LogP contribution is 2.28. The number of H-pyrrole nitrogens is 1. The van der Waals surface area contributed by atoms with E-state index in [1.165, 1.54) is 4.90 Å². The van der Waals surface area contributed by atoms with Crippen molar-refractivity contribution < 1.29 is 0 Å². The summed E-state index contributed by atoms with van der Waals surface area (Å²) in [6, 6.07) is 17.3. The zero-order valence-corrected chi connectivity index (χ0v) is 10.2. The third kappa shape index (κ3) is 1.83. The Balaban J connectivity index is 2.20. The summed E-state index contributed by atoms with van der Waals surface area (Å²) < 4.78 is 0. The smallest absolute Gasteiger partial charge is 0.140 e. The zero-order chi connectivity index (χ0) is 11.7. The van der Waals surface area contributed by atoms with Crippen LogP contribution in [0.25, 0.3) is 22.4 Å². The molecule has 0 aliphatic rings. The number of hydrogen-bond acceptors (Lipinski definition) is 2. The van der Waals surface area contributed by atoms with Gasteiger partial charge in [0.25, 0.3) is 0 Å². The van der Waals surface area contributed by atoms with Gasteiger partial charge in [0.1, 0.15) is 5.82 Å². The Morgan fingerprint density at radius 1 is 1.18 bits per heavy atom. The summed E-state index contributed by atoms with van der Waals surface area (Å²) in [6.45, 7) is 0. The second-order valence-electron chi connectivity index (χ2n) is 3.72. The Hall–Kier alpha value is -1.74. The molecule has 0 saturated heterocycles. The Kier molecular flexibility index (Phi) is 2.61. The average Bonchev–Trinajstić information content (AvgIpc) is 2.82. The van der Waals surface area contributed by atoms with E-state index < -0.39 is 0 Å². The number of rotatable bonds is 2. The predicted octanol–water partition coefficient (Wildman–Crippen LogP) is 3.75. The first kappa shape index (κ1) is 10.4. The molecule has 2 nitrogen and oxygen atoms in total. The molecule has 0 bridgehead atoms. The third-order valence-electron chi connectivity index (χ3n) is 2.66. The molecule has 0 unspecified atom stereocenters. The van der Waals surface area contributed by atoms with Crippen LogP contribution >= 0.6 is 11.8 Å². The van der Waals surface area contributed by atoms with E-state index in [0.717, 1.165) is 22.4 Å². The molecule has 0 aliphatic heterocycles. The monoisotopic (exact) mass is 239 g/mol. The van der Waals surface area contributed by atoms with Gasteiger partial charge in [0.2, 0.25) is 0 Å². The maximum absolute atomic E-state index is 4.59. The normalized spacial score (nSPS) is 10.9. The third-order valence-corrected chi connectivity index (χ3v) is 3.44. The van der Waals surface area contributed by atoms with Gasteiger partial charge in [-0.05, 0) is 30.5 Å². The quantitative estimate of drug-likeness (QED) is 0.690. The van der Waals surface area contributed by atoms with E-state index in [9.17, 15) is 0 Å². The topological polar surface area (TPSA) is 28.7 Å². The fraction of sp³-hybridized carbons (Fsp3) is 0.0714. The number of nitrogens with zero attached hydrogens (tertiary/aromatic N) is 1. The second kappa shape index (κ2) is 4.26. The molecule has 1 radical (unpaired) electrons. The van der Waals surface area contributed by atoms with Crippen molar-refractivity contribution in [1.82, 2.24) is 9.97 Å². The van der Waals surface area contributed by atoms with Crippen LogP contribution in [0.4, 0.5) is 0 Å². The minimum Gasteiger partial charge on any atom is -0.338 e. The maximum Gasteiger partial charge on any atom is 0.140 e. The van der Waals surface area contributed by atoms with Gasteiger partial charge in [0, 0.05) is 10.5 Å². The molecule has 0 fully saturated rings. The van der Waals surface area contributed by atoms with E-state index in [-0.39, 0.29) is 0 Å². The Morgan fingerprint density at radius 2 is 2.06 bits per heavy atom. The molecular weight excluding hydrogens is 228 g/mol. The lowest BCUT2D eigenvalue weighted by atomic mass is 10.2. The number of aromatic nitrogens is 2. The van der Waals surface area contributed by atoms with Crippen molar-refractivity contribution in [2.45, 2.75) is 4.90 Å². The molecule has 1 aromatic heterocycles. The first-order valence-electron chi connectivity index (χ1n) is 5.38. The van der Waals surface area contributed by atoms with E-state index in [1.807, 2.05) is 36.4 Å². The highest BCUT2D eigenvalue weighted by molar-refractivity contribution is 7.98. The van der Waals surface area contributed by atoms with Gasteiger partial charge in [-0.25, -0.2) is 4.98 Å². The second-order valence-corrected chi connectivity index (χ2v) is 4.56. The summed E-state index contributed by atoms with van der Waals surface area (Å²) >= 11 is 1.71. The number of hydrogen-bond donors (Lipinski definition) is 1. The van der Waals surface area contributed by atoms with Gasteiger partial charge in [-0.1, -0.05) is 24.3 Å². The van der Waals surface area contributed by atoms with Crippen LogP contribution in [0.1, 0.15) is 0 Å². The molecule has 0 atom stereocenters. The van der Waals surface area contributed by atoms with E-state index >= 15 is 0 Å². The lowest BCUT2D eigenvalue weighted by Crippen LogP contribution is -1.83. The van der Waals surface area contributed by atoms with Crippen molar-refractivity contribution >= 4 is 22.8 Å². The van der Waals surface area contributed by atoms with Gasteiger partial charge in [0.05, 0.1) is 11.0 Å². The van der Waals surface area contributed by atoms with Gasteiger partial charge in [-0.3, -0.25) is 0 Å². The summed E-state index contributed by atoms with van der Waals surface area (Å²) in [5.74, 6) is 0.885. The summed E-state index contributed by atoms with van der Waals surface area (Å²) in [5, 5.41) is 0. The lowest BCUT2D eigenvalue weighted by molar-refractivity contribution is 1.29. The molecule has 0 amide bonds.